The summed E-state index contributed by atoms with van der Waals surface area (Å²) < 4.78 is 5.70. The van der Waals surface area contributed by atoms with E-state index in [1.807, 2.05) is 0 Å². The number of carbonyl (C=O) groups is 2. The predicted octanol–water partition coefficient (Wildman–Crippen LogP) is 1.74. The van der Waals surface area contributed by atoms with Crippen LogP contribution in [-0.2, 0) is 9.53 Å². The molecule has 0 heterocycles. The molecule has 1 amide bonds. The lowest BCUT2D eigenvalue weighted by molar-refractivity contribution is -0.124. The molecule has 0 saturated heterocycles. The minimum Gasteiger partial charge on any atom is -0.452 e. The van der Waals surface area contributed by atoms with Gasteiger partial charge in [0.2, 0.25) is 0 Å². The monoisotopic (exact) mass is 285 g/mol. The van der Waals surface area contributed by atoms with E-state index in [1.165, 1.54) is 0 Å². The molecule has 1 aromatic carbocycles. The fourth-order valence-corrected chi connectivity index (χ4v) is 1.31. The van der Waals surface area contributed by atoms with E-state index in [1.54, 1.807) is 31.2 Å². The first-order chi connectivity index (χ1) is 7.63. The first kappa shape index (κ1) is 12.7. The predicted molar refractivity (Wildman–Crippen MR) is 63.1 cm³/mol. The number of esters is 1. The highest BCUT2D eigenvalue weighted by molar-refractivity contribution is 9.10. The van der Waals surface area contributed by atoms with E-state index in [0.717, 1.165) is 4.47 Å². The van der Waals surface area contributed by atoms with Gasteiger partial charge < -0.3 is 10.1 Å². The second kappa shape index (κ2) is 6.27. The molecule has 0 aromatic heterocycles. The van der Waals surface area contributed by atoms with Gasteiger partial charge in [0.1, 0.15) is 0 Å². The van der Waals surface area contributed by atoms with Crippen molar-refractivity contribution in [3.05, 3.63) is 34.3 Å². The second-order valence-corrected chi connectivity index (χ2v) is 3.95. The van der Waals surface area contributed by atoms with Crippen LogP contribution in [0.2, 0.25) is 0 Å². The highest BCUT2D eigenvalue weighted by atomic mass is 79.9. The van der Waals surface area contributed by atoms with E-state index in [4.69, 9.17) is 4.74 Å². The zero-order valence-electron chi connectivity index (χ0n) is 8.83. The maximum Gasteiger partial charge on any atom is 0.338 e. The largest absolute Gasteiger partial charge is 0.452 e. The molecule has 0 radical (unpaired) electrons. The number of carbonyl (C=O) groups excluding carboxylic acids is 2. The molecule has 0 aliphatic heterocycles. The topological polar surface area (TPSA) is 55.4 Å². The Morgan fingerprint density at radius 2 is 1.94 bits per heavy atom. The van der Waals surface area contributed by atoms with Crippen molar-refractivity contribution in [1.29, 1.82) is 0 Å². The average Bonchev–Trinajstić information content (AvgIpc) is 2.27. The second-order valence-electron chi connectivity index (χ2n) is 3.04. The molecule has 0 unspecified atom stereocenters. The van der Waals surface area contributed by atoms with Crippen LogP contribution < -0.4 is 5.32 Å². The van der Waals surface area contributed by atoms with E-state index in [2.05, 4.69) is 21.2 Å². The molecule has 5 heteroatoms. The molecule has 0 bridgehead atoms. The highest BCUT2D eigenvalue weighted by Gasteiger charge is 2.08. The normalized spacial score (nSPS) is 9.62. The summed E-state index contributed by atoms with van der Waals surface area (Å²) in [5, 5.41) is 2.54. The third kappa shape index (κ3) is 4.02. The summed E-state index contributed by atoms with van der Waals surface area (Å²) in [5.41, 5.74) is 0.424. The molecule has 0 saturated carbocycles. The van der Waals surface area contributed by atoms with Crippen LogP contribution in [-0.4, -0.2) is 25.0 Å². The number of ether oxygens (including phenoxy) is 1. The van der Waals surface area contributed by atoms with E-state index < -0.39 is 5.97 Å². The molecule has 0 atom stereocenters. The Labute approximate surface area is 102 Å². The molecule has 1 N–H and O–H groups in total. The van der Waals surface area contributed by atoms with Crippen LogP contribution in [0.15, 0.2) is 28.7 Å². The molecule has 0 aliphatic carbocycles. The summed E-state index contributed by atoms with van der Waals surface area (Å²) in [7, 11) is 0. The van der Waals surface area contributed by atoms with Crippen molar-refractivity contribution in [3.8, 4) is 0 Å². The van der Waals surface area contributed by atoms with Gasteiger partial charge in [-0.3, -0.25) is 4.79 Å². The summed E-state index contributed by atoms with van der Waals surface area (Å²) in [5.74, 6) is -0.799. The van der Waals surface area contributed by atoms with Crippen molar-refractivity contribution >= 4 is 27.8 Å². The Balaban J connectivity index is 2.47. The quantitative estimate of drug-likeness (QED) is 0.858. The van der Waals surface area contributed by atoms with E-state index in [9.17, 15) is 9.59 Å². The van der Waals surface area contributed by atoms with Gasteiger partial charge in [-0.25, -0.2) is 4.79 Å². The van der Waals surface area contributed by atoms with Crippen LogP contribution in [0.25, 0.3) is 0 Å². The number of rotatable bonds is 4. The number of benzene rings is 1. The van der Waals surface area contributed by atoms with Gasteiger partial charge in [0, 0.05) is 11.0 Å². The SMILES string of the molecule is CCNC(=O)COC(=O)c1ccc(Br)cc1. The lowest BCUT2D eigenvalue weighted by Crippen LogP contribution is -2.28. The van der Waals surface area contributed by atoms with Gasteiger partial charge in [-0.1, -0.05) is 15.9 Å². The van der Waals surface area contributed by atoms with Gasteiger partial charge in [0.15, 0.2) is 6.61 Å². The summed E-state index contributed by atoms with van der Waals surface area (Å²) in [6.07, 6.45) is 0. The molecule has 0 aliphatic rings. The van der Waals surface area contributed by atoms with Crippen LogP contribution in [0.3, 0.4) is 0 Å². The summed E-state index contributed by atoms with van der Waals surface area (Å²) in [6.45, 7) is 2.08. The van der Waals surface area contributed by atoms with Crippen LogP contribution in [0, 0.1) is 0 Å². The standard InChI is InChI=1S/C11H12BrNO3/c1-2-13-10(14)7-16-11(15)8-3-5-9(12)6-4-8/h3-6H,2,7H2,1H3,(H,13,14). The molecule has 16 heavy (non-hydrogen) atoms. The third-order valence-electron chi connectivity index (χ3n) is 1.79. The molecule has 1 rings (SSSR count). The lowest BCUT2D eigenvalue weighted by Gasteiger charge is -2.04. The molecule has 0 spiro atoms. The van der Waals surface area contributed by atoms with Crippen molar-refractivity contribution in [2.75, 3.05) is 13.2 Å². The Morgan fingerprint density at radius 3 is 2.50 bits per heavy atom. The van der Waals surface area contributed by atoms with Crippen LogP contribution in [0.4, 0.5) is 0 Å². The zero-order chi connectivity index (χ0) is 12.0. The first-order valence-corrected chi connectivity index (χ1v) is 5.62. The van der Waals surface area contributed by atoms with Gasteiger partial charge in [0.25, 0.3) is 5.91 Å². The van der Waals surface area contributed by atoms with Crippen molar-refractivity contribution in [2.45, 2.75) is 6.92 Å². The Morgan fingerprint density at radius 1 is 1.31 bits per heavy atom. The van der Waals surface area contributed by atoms with Gasteiger partial charge >= 0.3 is 5.97 Å². The molecular weight excluding hydrogens is 274 g/mol. The smallest absolute Gasteiger partial charge is 0.338 e. The minimum atomic E-state index is -0.501. The maximum atomic E-state index is 11.4. The van der Waals surface area contributed by atoms with E-state index in [-0.39, 0.29) is 12.5 Å². The van der Waals surface area contributed by atoms with E-state index >= 15 is 0 Å². The molecule has 1 aromatic rings. The van der Waals surface area contributed by atoms with Crippen molar-refractivity contribution in [2.24, 2.45) is 0 Å². The molecule has 4 nitrogen and oxygen atoms in total. The number of hydrogen-bond acceptors (Lipinski definition) is 3. The summed E-state index contributed by atoms with van der Waals surface area (Å²) in [6, 6.07) is 6.74. The number of nitrogens with one attached hydrogen (secondary N) is 1. The van der Waals surface area contributed by atoms with Gasteiger partial charge in [-0.2, -0.15) is 0 Å². The summed E-state index contributed by atoms with van der Waals surface area (Å²) in [4.78, 5) is 22.5. The van der Waals surface area contributed by atoms with Crippen LogP contribution >= 0.6 is 15.9 Å². The van der Waals surface area contributed by atoms with Gasteiger partial charge in [0.05, 0.1) is 5.56 Å². The lowest BCUT2D eigenvalue weighted by atomic mass is 10.2. The number of amides is 1. The fourth-order valence-electron chi connectivity index (χ4n) is 1.05. The third-order valence-corrected chi connectivity index (χ3v) is 2.32. The average molecular weight is 286 g/mol. The zero-order valence-corrected chi connectivity index (χ0v) is 10.4. The molecular formula is C11H12BrNO3. The van der Waals surface area contributed by atoms with Crippen LogP contribution in [0.1, 0.15) is 17.3 Å². The number of likely N-dealkylation sites (N-methyl/N-ethyl adjacent to an activating group) is 1. The van der Waals surface area contributed by atoms with E-state index in [0.29, 0.717) is 12.1 Å². The highest BCUT2D eigenvalue weighted by Crippen LogP contribution is 2.11. The Bertz CT molecular complexity index is 375. The Kier molecular flexibility index (Phi) is 4.98. The minimum absolute atomic E-state index is 0.247. The van der Waals surface area contributed by atoms with Gasteiger partial charge in [-0.05, 0) is 31.2 Å². The van der Waals surface area contributed by atoms with Crippen LogP contribution in [0.5, 0.6) is 0 Å². The fraction of sp³-hybridized carbons (Fsp3) is 0.273. The summed E-state index contributed by atoms with van der Waals surface area (Å²) >= 11 is 3.26. The number of hydrogen-bond donors (Lipinski definition) is 1. The maximum absolute atomic E-state index is 11.4. The van der Waals surface area contributed by atoms with Crippen molar-refractivity contribution < 1.29 is 14.3 Å². The van der Waals surface area contributed by atoms with Crippen molar-refractivity contribution in [1.82, 2.24) is 5.32 Å². The van der Waals surface area contributed by atoms with Gasteiger partial charge in [-0.15, -0.1) is 0 Å². The Hall–Kier alpha value is -1.36. The first-order valence-electron chi connectivity index (χ1n) is 4.83. The molecule has 86 valence electrons. The molecule has 0 fully saturated rings. The van der Waals surface area contributed by atoms with Crippen molar-refractivity contribution in [3.63, 3.8) is 0 Å². The number of halogens is 1.